The molecule has 1 aliphatic carbocycles. The van der Waals surface area contributed by atoms with Gasteiger partial charge in [0.05, 0.1) is 25.0 Å². The molecule has 2 aromatic heterocycles. The molecule has 158 valence electrons. The normalized spacial score (nSPS) is 17.4. The van der Waals surface area contributed by atoms with Crippen LogP contribution in [0.25, 0.3) is 5.65 Å². The van der Waals surface area contributed by atoms with Crippen LogP contribution in [-0.2, 0) is 6.54 Å². The molecule has 1 saturated carbocycles. The highest BCUT2D eigenvalue weighted by molar-refractivity contribution is 6.29. The van der Waals surface area contributed by atoms with Crippen LogP contribution in [0.4, 0.5) is 14.5 Å². The Kier molecular flexibility index (Phi) is 5.23. The van der Waals surface area contributed by atoms with Crippen molar-refractivity contribution in [2.24, 2.45) is 0 Å². The number of carbonyl (C=O) groups excluding carboxylic acids is 1. The van der Waals surface area contributed by atoms with Gasteiger partial charge in [-0.15, -0.1) is 0 Å². The van der Waals surface area contributed by atoms with Gasteiger partial charge in [-0.25, -0.2) is 18.3 Å². The van der Waals surface area contributed by atoms with Gasteiger partial charge in [-0.3, -0.25) is 4.79 Å². The predicted molar refractivity (Wildman–Crippen MR) is 109 cm³/mol. The largest absolute Gasteiger partial charge is 0.497 e. The van der Waals surface area contributed by atoms with Crippen LogP contribution < -0.4 is 15.0 Å². The van der Waals surface area contributed by atoms with E-state index in [9.17, 15) is 13.6 Å². The van der Waals surface area contributed by atoms with Gasteiger partial charge in [0.1, 0.15) is 5.75 Å². The first-order chi connectivity index (χ1) is 14.3. The van der Waals surface area contributed by atoms with Crippen molar-refractivity contribution in [2.75, 3.05) is 19.1 Å². The molecule has 4 rings (SSSR count). The lowest BCUT2D eigenvalue weighted by Crippen LogP contribution is -2.55. The molecular formula is C20H20ClF2N5O2. The van der Waals surface area contributed by atoms with Crippen molar-refractivity contribution in [2.45, 2.75) is 31.4 Å². The first-order valence-corrected chi connectivity index (χ1v) is 9.73. The molecule has 1 aliphatic rings. The highest BCUT2D eigenvalue weighted by atomic mass is 35.5. The topological polar surface area (TPSA) is 71.8 Å². The monoisotopic (exact) mass is 435 g/mol. The molecule has 7 nitrogen and oxygen atoms in total. The van der Waals surface area contributed by atoms with Crippen LogP contribution in [0.15, 0.2) is 36.5 Å². The zero-order chi connectivity index (χ0) is 21.5. The van der Waals surface area contributed by atoms with Gasteiger partial charge < -0.3 is 15.0 Å². The van der Waals surface area contributed by atoms with Crippen molar-refractivity contribution in [3.05, 3.63) is 52.9 Å². The van der Waals surface area contributed by atoms with Crippen LogP contribution in [0.1, 0.15) is 28.9 Å². The fourth-order valence-corrected chi connectivity index (χ4v) is 3.54. The van der Waals surface area contributed by atoms with Gasteiger partial charge in [-0.2, -0.15) is 5.10 Å². The lowest BCUT2D eigenvalue weighted by molar-refractivity contribution is -0.102. The Morgan fingerprint density at radius 1 is 1.40 bits per heavy atom. The molecule has 3 aromatic rings. The number of benzene rings is 1. The van der Waals surface area contributed by atoms with Crippen LogP contribution in [0.3, 0.4) is 0 Å². The summed E-state index contributed by atoms with van der Waals surface area (Å²) in [7, 11) is 3.47. The maximum atomic E-state index is 13.5. The van der Waals surface area contributed by atoms with E-state index in [2.05, 4.69) is 15.4 Å². The molecule has 30 heavy (non-hydrogen) atoms. The first kappa shape index (κ1) is 20.3. The molecule has 10 heteroatoms. The summed E-state index contributed by atoms with van der Waals surface area (Å²) in [5, 5.41) is 6.66. The molecule has 0 bridgehead atoms. The van der Waals surface area contributed by atoms with Crippen LogP contribution >= 0.6 is 11.6 Å². The maximum absolute atomic E-state index is 13.5. The summed E-state index contributed by atoms with van der Waals surface area (Å²) in [4.78, 5) is 18.7. The van der Waals surface area contributed by atoms with E-state index in [-0.39, 0.29) is 23.7 Å². The SMILES string of the molecule is COc1ccc(CN(C)c2cc(Cl)nn3c(C(=O)N[C@H]4CCC4(F)F)cnc23)cc1. The number of fused-ring (bicyclic) bond motifs is 1. The number of amides is 1. The summed E-state index contributed by atoms with van der Waals surface area (Å²) < 4.78 is 33.5. The molecule has 0 radical (unpaired) electrons. The molecule has 1 N–H and O–H groups in total. The van der Waals surface area contributed by atoms with Crippen molar-refractivity contribution in [3.63, 3.8) is 0 Å². The summed E-state index contributed by atoms with van der Waals surface area (Å²) in [5.41, 5.74) is 2.13. The molecular weight excluding hydrogens is 416 g/mol. The van der Waals surface area contributed by atoms with Crippen LogP contribution in [0.2, 0.25) is 5.15 Å². The Labute approximate surface area is 176 Å². The second kappa shape index (κ2) is 7.71. The van der Waals surface area contributed by atoms with Gasteiger partial charge >= 0.3 is 0 Å². The fourth-order valence-electron chi connectivity index (χ4n) is 3.37. The molecule has 0 unspecified atom stereocenters. The van der Waals surface area contributed by atoms with Gasteiger partial charge in [0.25, 0.3) is 11.8 Å². The lowest BCUT2D eigenvalue weighted by atomic mass is 9.88. The smallest absolute Gasteiger partial charge is 0.272 e. The quantitative estimate of drug-likeness (QED) is 0.641. The van der Waals surface area contributed by atoms with Crippen molar-refractivity contribution in [3.8, 4) is 5.75 Å². The highest BCUT2D eigenvalue weighted by Gasteiger charge is 2.49. The lowest BCUT2D eigenvalue weighted by Gasteiger charge is -2.36. The Hall–Kier alpha value is -2.94. The van der Waals surface area contributed by atoms with E-state index in [4.69, 9.17) is 16.3 Å². The average molecular weight is 436 g/mol. The Morgan fingerprint density at radius 3 is 2.73 bits per heavy atom. The highest BCUT2D eigenvalue weighted by Crippen LogP contribution is 2.37. The Morgan fingerprint density at radius 2 is 2.13 bits per heavy atom. The minimum absolute atomic E-state index is 0.0503. The summed E-state index contributed by atoms with van der Waals surface area (Å²) in [5.74, 6) is -2.78. The van der Waals surface area contributed by atoms with Crippen molar-refractivity contribution < 1.29 is 18.3 Å². The predicted octanol–water partition coefficient (Wildman–Crippen LogP) is 3.56. The third-order valence-corrected chi connectivity index (χ3v) is 5.41. The molecule has 1 aromatic carbocycles. The number of imidazole rings is 1. The number of hydrogen-bond donors (Lipinski definition) is 1. The number of halogens is 3. The van der Waals surface area contributed by atoms with Crippen LogP contribution in [0, 0.1) is 0 Å². The number of methoxy groups -OCH3 is 1. The molecule has 1 amide bonds. The van der Waals surface area contributed by atoms with E-state index in [0.717, 1.165) is 11.3 Å². The summed E-state index contributed by atoms with van der Waals surface area (Å²) in [6.45, 7) is 0.544. The van der Waals surface area contributed by atoms with E-state index in [1.54, 1.807) is 13.2 Å². The summed E-state index contributed by atoms with van der Waals surface area (Å²) >= 11 is 6.18. The van der Waals surface area contributed by atoms with Gasteiger partial charge in [0.15, 0.2) is 16.5 Å². The zero-order valence-electron chi connectivity index (χ0n) is 16.4. The fraction of sp³-hybridized carbons (Fsp3) is 0.350. The summed E-state index contributed by atoms with van der Waals surface area (Å²) in [6, 6.07) is 8.09. The van der Waals surface area contributed by atoms with Crippen LogP contribution in [0.5, 0.6) is 5.75 Å². The van der Waals surface area contributed by atoms with Crippen molar-refractivity contribution in [1.82, 2.24) is 19.9 Å². The van der Waals surface area contributed by atoms with Gasteiger partial charge in [0, 0.05) is 26.1 Å². The number of hydrogen-bond acceptors (Lipinski definition) is 5. The standard InChI is InChI=1S/C20H20ClF2N5O2/c1-27(11-12-3-5-13(30-2)6-4-12)14-9-17(21)26-28-15(10-24-18(14)28)19(29)25-16-7-8-20(16,22)23/h3-6,9-10,16H,7-8,11H2,1-2H3,(H,25,29)/t16-/m0/s1. The number of aromatic nitrogens is 3. The number of nitrogens with one attached hydrogen (secondary N) is 1. The minimum Gasteiger partial charge on any atom is -0.497 e. The Bertz CT molecular complexity index is 1090. The minimum atomic E-state index is -2.88. The number of rotatable bonds is 6. The van der Waals surface area contributed by atoms with E-state index in [0.29, 0.717) is 17.9 Å². The van der Waals surface area contributed by atoms with E-state index in [1.807, 2.05) is 36.2 Å². The second-order valence-electron chi connectivity index (χ2n) is 7.26. The van der Waals surface area contributed by atoms with Gasteiger partial charge in [0.2, 0.25) is 0 Å². The zero-order valence-corrected chi connectivity index (χ0v) is 17.2. The average Bonchev–Trinajstić information content (AvgIpc) is 3.14. The molecule has 0 spiro atoms. The second-order valence-corrected chi connectivity index (χ2v) is 7.65. The molecule has 0 aliphatic heterocycles. The number of nitrogens with zero attached hydrogens (tertiary/aromatic N) is 4. The first-order valence-electron chi connectivity index (χ1n) is 9.35. The molecule has 1 fully saturated rings. The third kappa shape index (κ3) is 3.77. The van der Waals surface area contributed by atoms with Crippen LogP contribution in [-0.4, -0.2) is 46.6 Å². The molecule has 1 atom stereocenters. The number of anilines is 1. The maximum Gasteiger partial charge on any atom is 0.272 e. The van der Waals surface area contributed by atoms with E-state index in [1.165, 1.54) is 10.7 Å². The number of ether oxygens (including phenoxy) is 1. The van der Waals surface area contributed by atoms with Crippen molar-refractivity contribution >= 4 is 28.8 Å². The Balaban J connectivity index is 1.60. The third-order valence-electron chi connectivity index (χ3n) is 5.22. The number of alkyl halides is 2. The van der Waals surface area contributed by atoms with Gasteiger partial charge in [-0.05, 0) is 24.1 Å². The van der Waals surface area contributed by atoms with E-state index < -0.39 is 17.9 Å². The number of carbonyl (C=O) groups is 1. The molecule has 2 heterocycles. The van der Waals surface area contributed by atoms with E-state index >= 15 is 0 Å². The molecule has 0 saturated heterocycles. The van der Waals surface area contributed by atoms with Gasteiger partial charge in [-0.1, -0.05) is 23.7 Å². The van der Waals surface area contributed by atoms with Crippen molar-refractivity contribution in [1.29, 1.82) is 0 Å². The summed E-state index contributed by atoms with van der Waals surface area (Å²) in [6.07, 6.45) is 1.32.